The number of amides is 1. The van der Waals surface area contributed by atoms with Crippen LogP contribution in [0.5, 0.6) is 0 Å². The van der Waals surface area contributed by atoms with E-state index in [0.29, 0.717) is 30.6 Å². The first-order valence-corrected chi connectivity index (χ1v) is 8.16. The van der Waals surface area contributed by atoms with Gasteiger partial charge in [-0.25, -0.2) is 0 Å². The van der Waals surface area contributed by atoms with Gasteiger partial charge in [0.1, 0.15) is 0 Å². The largest absolute Gasteiger partial charge is 0.351 e. The van der Waals surface area contributed by atoms with Crippen molar-refractivity contribution in [1.29, 1.82) is 0 Å². The maximum Gasteiger partial charge on any atom is 0.292 e. The molecule has 3 heterocycles. The van der Waals surface area contributed by atoms with Gasteiger partial charge in [-0.2, -0.15) is 4.98 Å². The number of carbonyl (C=O) groups is 1. The third-order valence-electron chi connectivity index (χ3n) is 4.19. The lowest BCUT2D eigenvalue weighted by Crippen LogP contribution is -2.39. The number of piperidine rings is 1. The lowest BCUT2D eigenvalue weighted by Gasteiger charge is -2.30. The van der Waals surface area contributed by atoms with E-state index in [1.54, 1.807) is 11.0 Å². The Morgan fingerprint density at radius 1 is 1.39 bits per heavy atom. The Kier molecular flexibility index (Phi) is 4.45. The van der Waals surface area contributed by atoms with Crippen LogP contribution in [0.2, 0.25) is 0 Å². The monoisotopic (exact) mass is 318 g/mol. The topological polar surface area (TPSA) is 85.3 Å². The van der Waals surface area contributed by atoms with Crippen molar-refractivity contribution in [3.63, 3.8) is 0 Å². The van der Waals surface area contributed by atoms with Crippen molar-refractivity contribution in [3.8, 4) is 0 Å². The van der Waals surface area contributed by atoms with Crippen molar-refractivity contribution in [3.05, 3.63) is 29.2 Å². The minimum absolute atomic E-state index is 0.115. The van der Waals surface area contributed by atoms with Gasteiger partial charge in [0.2, 0.25) is 11.7 Å². The number of hydrogen-bond donors (Lipinski definition) is 0. The molecule has 7 nitrogen and oxygen atoms in total. The molecular formula is C16H22N4O3. The van der Waals surface area contributed by atoms with Crippen LogP contribution in [0.3, 0.4) is 0 Å². The number of hydrogen-bond acceptors (Lipinski definition) is 6. The van der Waals surface area contributed by atoms with Crippen LogP contribution in [-0.4, -0.2) is 39.2 Å². The van der Waals surface area contributed by atoms with E-state index in [1.807, 2.05) is 20.8 Å². The lowest BCUT2D eigenvalue weighted by molar-refractivity contribution is 0.0661. The first kappa shape index (κ1) is 15.7. The zero-order valence-electron chi connectivity index (χ0n) is 13.8. The standard InChI is InChI=1S/C16H22N4O3/c1-4-14-17-15(19-23-14)11-6-5-7-20(9-11)16(21)13-8-12(10(2)3)18-22-13/h8,10-11H,4-7,9H2,1-3H3/t11-/m0/s1. The number of likely N-dealkylation sites (tertiary alicyclic amines) is 1. The zero-order valence-corrected chi connectivity index (χ0v) is 13.8. The minimum Gasteiger partial charge on any atom is -0.351 e. The molecule has 124 valence electrons. The van der Waals surface area contributed by atoms with E-state index in [-0.39, 0.29) is 17.7 Å². The fourth-order valence-corrected chi connectivity index (χ4v) is 2.77. The zero-order chi connectivity index (χ0) is 16.4. The van der Waals surface area contributed by atoms with E-state index in [0.717, 1.165) is 25.0 Å². The Morgan fingerprint density at radius 2 is 2.22 bits per heavy atom. The van der Waals surface area contributed by atoms with Crippen LogP contribution in [0.25, 0.3) is 0 Å². The minimum atomic E-state index is -0.117. The van der Waals surface area contributed by atoms with Gasteiger partial charge in [0.05, 0.1) is 5.69 Å². The van der Waals surface area contributed by atoms with Gasteiger partial charge in [-0.15, -0.1) is 0 Å². The SMILES string of the molecule is CCc1nc([C@H]2CCCN(C(=O)c3cc(C(C)C)no3)C2)no1. The molecule has 7 heteroatoms. The summed E-state index contributed by atoms with van der Waals surface area (Å²) in [5, 5.41) is 8.01. The number of carbonyl (C=O) groups excluding carboxylic acids is 1. The molecule has 1 saturated heterocycles. The second-order valence-corrected chi connectivity index (χ2v) is 6.26. The van der Waals surface area contributed by atoms with Crippen molar-refractivity contribution in [2.45, 2.75) is 51.9 Å². The molecule has 0 aromatic carbocycles. The first-order valence-electron chi connectivity index (χ1n) is 8.16. The summed E-state index contributed by atoms with van der Waals surface area (Å²) in [6.45, 7) is 7.31. The van der Waals surface area contributed by atoms with E-state index in [9.17, 15) is 4.79 Å². The second-order valence-electron chi connectivity index (χ2n) is 6.26. The quantitative estimate of drug-likeness (QED) is 0.861. The Labute approximate surface area is 135 Å². The number of aryl methyl sites for hydroxylation is 1. The molecule has 1 amide bonds. The number of nitrogens with zero attached hydrogens (tertiary/aromatic N) is 4. The molecule has 0 bridgehead atoms. The molecule has 0 spiro atoms. The van der Waals surface area contributed by atoms with E-state index in [1.165, 1.54) is 0 Å². The molecule has 2 aromatic heterocycles. The summed E-state index contributed by atoms with van der Waals surface area (Å²) >= 11 is 0. The molecule has 23 heavy (non-hydrogen) atoms. The smallest absolute Gasteiger partial charge is 0.292 e. The van der Waals surface area contributed by atoms with Crippen LogP contribution in [0.15, 0.2) is 15.1 Å². The van der Waals surface area contributed by atoms with Crippen LogP contribution in [-0.2, 0) is 6.42 Å². The molecule has 0 unspecified atom stereocenters. The maximum absolute atomic E-state index is 12.6. The molecular weight excluding hydrogens is 296 g/mol. The van der Waals surface area contributed by atoms with Crippen LogP contribution in [0, 0.1) is 0 Å². The van der Waals surface area contributed by atoms with Gasteiger partial charge in [0.15, 0.2) is 5.82 Å². The van der Waals surface area contributed by atoms with Crippen molar-refractivity contribution in [2.75, 3.05) is 13.1 Å². The molecule has 0 saturated carbocycles. The van der Waals surface area contributed by atoms with E-state index in [4.69, 9.17) is 9.05 Å². The van der Waals surface area contributed by atoms with Crippen molar-refractivity contribution in [2.24, 2.45) is 0 Å². The van der Waals surface area contributed by atoms with Crippen molar-refractivity contribution in [1.82, 2.24) is 20.2 Å². The van der Waals surface area contributed by atoms with Gasteiger partial charge in [0.25, 0.3) is 5.91 Å². The Hall–Kier alpha value is -2.18. The van der Waals surface area contributed by atoms with Crippen molar-refractivity contribution < 1.29 is 13.8 Å². The number of aromatic nitrogens is 3. The molecule has 0 aliphatic carbocycles. The second kappa shape index (κ2) is 6.52. The van der Waals surface area contributed by atoms with E-state index in [2.05, 4.69) is 15.3 Å². The van der Waals surface area contributed by atoms with Crippen LogP contribution < -0.4 is 0 Å². The highest BCUT2D eigenvalue weighted by Crippen LogP contribution is 2.26. The highest BCUT2D eigenvalue weighted by Gasteiger charge is 2.30. The van der Waals surface area contributed by atoms with E-state index < -0.39 is 0 Å². The predicted molar refractivity (Wildman–Crippen MR) is 82.1 cm³/mol. The highest BCUT2D eigenvalue weighted by molar-refractivity contribution is 5.91. The summed E-state index contributed by atoms with van der Waals surface area (Å²) < 4.78 is 10.4. The molecule has 1 fully saturated rings. The average Bonchev–Trinajstić information content (AvgIpc) is 3.23. The molecule has 1 aliphatic heterocycles. The third-order valence-corrected chi connectivity index (χ3v) is 4.19. The van der Waals surface area contributed by atoms with Gasteiger partial charge >= 0.3 is 0 Å². The summed E-state index contributed by atoms with van der Waals surface area (Å²) in [5.41, 5.74) is 0.799. The highest BCUT2D eigenvalue weighted by atomic mass is 16.5. The molecule has 0 radical (unpaired) electrons. The fourth-order valence-electron chi connectivity index (χ4n) is 2.77. The van der Waals surface area contributed by atoms with Crippen LogP contribution in [0.1, 0.15) is 73.4 Å². The van der Waals surface area contributed by atoms with Gasteiger partial charge in [-0.05, 0) is 18.8 Å². The van der Waals surface area contributed by atoms with Crippen LogP contribution in [0.4, 0.5) is 0 Å². The Balaban J connectivity index is 1.70. The third kappa shape index (κ3) is 3.28. The number of rotatable bonds is 4. The summed E-state index contributed by atoms with van der Waals surface area (Å²) in [6.07, 6.45) is 2.59. The summed E-state index contributed by atoms with van der Waals surface area (Å²) in [4.78, 5) is 18.8. The van der Waals surface area contributed by atoms with Gasteiger partial charge in [-0.3, -0.25) is 4.79 Å². The van der Waals surface area contributed by atoms with Gasteiger partial charge in [0, 0.05) is 31.5 Å². The Bertz CT molecular complexity index is 676. The lowest BCUT2D eigenvalue weighted by atomic mass is 9.97. The summed E-state index contributed by atoms with van der Waals surface area (Å²) in [7, 11) is 0. The first-order chi connectivity index (χ1) is 11.1. The molecule has 1 atom stereocenters. The van der Waals surface area contributed by atoms with Crippen molar-refractivity contribution >= 4 is 5.91 Å². The van der Waals surface area contributed by atoms with Gasteiger partial charge in [-0.1, -0.05) is 31.1 Å². The fraction of sp³-hybridized carbons (Fsp3) is 0.625. The van der Waals surface area contributed by atoms with Gasteiger partial charge < -0.3 is 13.9 Å². The maximum atomic E-state index is 12.6. The summed E-state index contributed by atoms with van der Waals surface area (Å²) in [5.74, 6) is 1.87. The molecule has 3 rings (SSSR count). The molecule has 2 aromatic rings. The Morgan fingerprint density at radius 3 is 2.87 bits per heavy atom. The summed E-state index contributed by atoms with van der Waals surface area (Å²) in [6, 6.07) is 1.74. The van der Waals surface area contributed by atoms with Crippen LogP contribution >= 0.6 is 0 Å². The van der Waals surface area contributed by atoms with E-state index >= 15 is 0 Å². The predicted octanol–water partition coefficient (Wildman–Crippen LogP) is 2.76. The molecule has 0 N–H and O–H groups in total. The normalized spacial score (nSPS) is 18.6. The average molecular weight is 318 g/mol. The molecule has 1 aliphatic rings.